The lowest BCUT2D eigenvalue weighted by atomic mass is 9.81. The van der Waals surface area contributed by atoms with Crippen LogP contribution in [-0.2, 0) is 6.42 Å². The molecule has 2 aliphatic rings. The van der Waals surface area contributed by atoms with Gasteiger partial charge in [-0.05, 0) is 48.9 Å². The zero-order valence-corrected chi connectivity index (χ0v) is 16.6. The lowest BCUT2D eigenvalue weighted by molar-refractivity contribution is 0.0926. The molecule has 29 heavy (non-hydrogen) atoms. The van der Waals surface area contributed by atoms with Crippen LogP contribution in [0.3, 0.4) is 0 Å². The molecular formula is C23H26N2O4. The van der Waals surface area contributed by atoms with E-state index in [1.807, 2.05) is 24.3 Å². The Morgan fingerprint density at radius 1 is 1.07 bits per heavy atom. The Morgan fingerprint density at radius 2 is 1.79 bits per heavy atom. The molecule has 0 aliphatic heterocycles. The van der Waals surface area contributed by atoms with Gasteiger partial charge in [0, 0.05) is 23.7 Å². The first-order valence-corrected chi connectivity index (χ1v) is 10.3. The Kier molecular flexibility index (Phi) is 5.51. The van der Waals surface area contributed by atoms with Gasteiger partial charge in [0.25, 0.3) is 11.5 Å². The van der Waals surface area contributed by atoms with Crippen LogP contribution in [0.4, 0.5) is 0 Å². The van der Waals surface area contributed by atoms with Gasteiger partial charge in [0.1, 0.15) is 11.3 Å². The number of hydrogen-bond donors (Lipinski definition) is 2. The predicted octanol–water partition coefficient (Wildman–Crippen LogP) is 3.36. The van der Waals surface area contributed by atoms with E-state index in [2.05, 4.69) is 10.3 Å². The third-order valence-corrected chi connectivity index (χ3v) is 6.08. The number of hydrogen-bond acceptors (Lipinski definition) is 4. The van der Waals surface area contributed by atoms with Crippen LogP contribution in [-0.4, -0.2) is 29.8 Å². The summed E-state index contributed by atoms with van der Waals surface area (Å²) in [6.45, 7) is 0. The van der Waals surface area contributed by atoms with Crippen LogP contribution in [0, 0.1) is 0 Å². The minimum atomic E-state index is -0.430. The summed E-state index contributed by atoms with van der Waals surface area (Å²) in [5.74, 6) is 0.331. The molecule has 1 aromatic carbocycles. The highest BCUT2D eigenvalue weighted by Gasteiger charge is 2.29. The number of ketones is 1. The summed E-state index contributed by atoms with van der Waals surface area (Å²) in [7, 11) is 1.61. The number of amides is 1. The van der Waals surface area contributed by atoms with E-state index >= 15 is 0 Å². The summed E-state index contributed by atoms with van der Waals surface area (Å²) in [5, 5.41) is 2.96. The summed E-state index contributed by atoms with van der Waals surface area (Å²) in [5.41, 5.74) is 1.71. The number of rotatable bonds is 4. The highest BCUT2D eigenvalue weighted by atomic mass is 16.5. The molecule has 0 radical (unpaired) electrons. The number of fused-ring (bicyclic) bond motifs is 1. The third-order valence-electron chi connectivity index (χ3n) is 6.08. The maximum absolute atomic E-state index is 12.8. The molecule has 0 bridgehead atoms. The van der Waals surface area contributed by atoms with Crippen LogP contribution >= 0.6 is 0 Å². The lowest BCUT2D eigenvalue weighted by Gasteiger charge is -2.25. The summed E-state index contributed by atoms with van der Waals surface area (Å²) >= 11 is 0. The first-order valence-electron chi connectivity index (χ1n) is 10.3. The summed E-state index contributed by atoms with van der Waals surface area (Å²) < 4.78 is 5.19. The molecule has 0 unspecified atom stereocenters. The van der Waals surface area contributed by atoms with E-state index in [-0.39, 0.29) is 29.2 Å². The number of pyridine rings is 1. The van der Waals surface area contributed by atoms with Gasteiger partial charge in [-0.1, -0.05) is 31.4 Å². The van der Waals surface area contributed by atoms with Crippen LogP contribution in [0.1, 0.15) is 76.4 Å². The van der Waals surface area contributed by atoms with Gasteiger partial charge in [0.05, 0.1) is 7.11 Å². The van der Waals surface area contributed by atoms with E-state index in [1.54, 1.807) is 7.11 Å². The average Bonchev–Trinajstić information content (AvgIpc) is 2.74. The SMILES string of the molecule is COc1ccc([C@H]2CC(=O)c3cc(C(=O)NC4CCCCC4)c(=O)[nH]c3C2)cc1. The van der Waals surface area contributed by atoms with Crippen molar-refractivity contribution in [1.82, 2.24) is 10.3 Å². The van der Waals surface area contributed by atoms with E-state index < -0.39 is 5.56 Å². The van der Waals surface area contributed by atoms with Gasteiger partial charge in [0.15, 0.2) is 5.78 Å². The van der Waals surface area contributed by atoms with Gasteiger partial charge >= 0.3 is 0 Å². The second kappa shape index (κ2) is 8.23. The van der Waals surface area contributed by atoms with Crippen LogP contribution in [0.25, 0.3) is 0 Å². The molecule has 6 nitrogen and oxygen atoms in total. The lowest BCUT2D eigenvalue weighted by Crippen LogP contribution is -2.39. The molecule has 1 aromatic heterocycles. The molecule has 152 valence electrons. The number of aromatic nitrogens is 1. The Morgan fingerprint density at radius 3 is 2.48 bits per heavy atom. The van der Waals surface area contributed by atoms with E-state index in [0.717, 1.165) is 37.0 Å². The fourth-order valence-corrected chi connectivity index (χ4v) is 4.42. The van der Waals surface area contributed by atoms with E-state index in [9.17, 15) is 14.4 Å². The minimum absolute atomic E-state index is 0.00142. The number of carbonyl (C=O) groups excluding carboxylic acids is 2. The normalized spacial score (nSPS) is 19.5. The minimum Gasteiger partial charge on any atom is -0.497 e. The Bertz CT molecular complexity index is 971. The molecule has 1 atom stereocenters. The van der Waals surface area contributed by atoms with Gasteiger partial charge in [-0.2, -0.15) is 0 Å². The van der Waals surface area contributed by atoms with Crippen molar-refractivity contribution < 1.29 is 14.3 Å². The molecule has 0 saturated heterocycles. The molecule has 2 aromatic rings. The average molecular weight is 394 g/mol. The second-order valence-corrected chi connectivity index (χ2v) is 8.01. The first kappa shape index (κ1) is 19.4. The first-order chi connectivity index (χ1) is 14.0. The molecule has 1 saturated carbocycles. The molecule has 6 heteroatoms. The molecule has 1 fully saturated rings. The summed E-state index contributed by atoms with van der Waals surface area (Å²) in [6, 6.07) is 9.24. The Hall–Kier alpha value is -2.89. The van der Waals surface area contributed by atoms with Crippen LogP contribution in [0.15, 0.2) is 35.1 Å². The second-order valence-electron chi connectivity index (χ2n) is 8.01. The van der Waals surface area contributed by atoms with Crippen LogP contribution in [0.2, 0.25) is 0 Å². The molecule has 4 rings (SSSR count). The number of methoxy groups -OCH3 is 1. The third kappa shape index (κ3) is 4.11. The predicted molar refractivity (Wildman–Crippen MR) is 110 cm³/mol. The van der Waals surface area contributed by atoms with Gasteiger partial charge in [-0.3, -0.25) is 14.4 Å². The fourth-order valence-electron chi connectivity index (χ4n) is 4.42. The zero-order chi connectivity index (χ0) is 20.4. The molecule has 2 aliphatic carbocycles. The largest absolute Gasteiger partial charge is 0.497 e. The summed E-state index contributed by atoms with van der Waals surface area (Å²) in [4.78, 5) is 40.8. The van der Waals surface area contributed by atoms with E-state index in [4.69, 9.17) is 4.74 Å². The van der Waals surface area contributed by atoms with Crippen molar-refractivity contribution in [1.29, 1.82) is 0 Å². The number of aromatic amines is 1. The van der Waals surface area contributed by atoms with Crippen molar-refractivity contribution in [3.8, 4) is 5.75 Å². The quantitative estimate of drug-likeness (QED) is 0.832. The summed E-state index contributed by atoms with van der Waals surface area (Å²) in [6.07, 6.45) is 6.18. The highest BCUT2D eigenvalue weighted by Crippen LogP contribution is 2.32. The zero-order valence-electron chi connectivity index (χ0n) is 16.6. The van der Waals surface area contributed by atoms with Crippen molar-refractivity contribution in [2.24, 2.45) is 0 Å². The maximum atomic E-state index is 12.8. The van der Waals surface area contributed by atoms with Crippen molar-refractivity contribution in [2.75, 3.05) is 7.11 Å². The monoisotopic (exact) mass is 394 g/mol. The maximum Gasteiger partial charge on any atom is 0.261 e. The van der Waals surface area contributed by atoms with Gasteiger partial charge < -0.3 is 15.0 Å². The highest BCUT2D eigenvalue weighted by molar-refractivity contribution is 6.02. The molecule has 2 N–H and O–H groups in total. The van der Waals surface area contributed by atoms with Crippen molar-refractivity contribution in [3.05, 3.63) is 63.1 Å². The van der Waals surface area contributed by atoms with Crippen molar-refractivity contribution in [2.45, 2.75) is 56.9 Å². The van der Waals surface area contributed by atoms with E-state index in [0.29, 0.717) is 24.1 Å². The van der Waals surface area contributed by atoms with Gasteiger partial charge in [-0.15, -0.1) is 0 Å². The standard InChI is InChI=1S/C23H26N2O4/c1-29-17-9-7-14(8-10-17)15-11-20-18(21(26)12-15)13-19(23(28)25-20)22(27)24-16-5-3-2-4-6-16/h7-10,13,15-16H,2-6,11-12H2,1H3,(H,24,27)(H,25,28)/t15-/m1/s1. The van der Waals surface area contributed by atoms with Crippen LogP contribution in [0.5, 0.6) is 5.75 Å². The number of ether oxygens (including phenoxy) is 1. The number of Topliss-reactive ketones (excluding diaryl/α,β-unsaturated/α-hetero) is 1. The fraction of sp³-hybridized carbons (Fsp3) is 0.435. The molecule has 1 amide bonds. The number of carbonyl (C=O) groups is 2. The Labute approximate surface area is 169 Å². The Balaban J connectivity index is 1.55. The topological polar surface area (TPSA) is 88.3 Å². The molecular weight excluding hydrogens is 368 g/mol. The van der Waals surface area contributed by atoms with E-state index in [1.165, 1.54) is 12.5 Å². The number of H-pyrrole nitrogens is 1. The van der Waals surface area contributed by atoms with Gasteiger partial charge in [-0.25, -0.2) is 0 Å². The number of nitrogens with one attached hydrogen (secondary N) is 2. The van der Waals surface area contributed by atoms with Gasteiger partial charge in [0.2, 0.25) is 0 Å². The molecule has 0 spiro atoms. The number of benzene rings is 1. The van der Waals surface area contributed by atoms with Crippen molar-refractivity contribution in [3.63, 3.8) is 0 Å². The molecule has 1 heterocycles. The smallest absolute Gasteiger partial charge is 0.261 e. The van der Waals surface area contributed by atoms with Crippen LogP contribution < -0.4 is 15.6 Å². The van der Waals surface area contributed by atoms with Crippen molar-refractivity contribution >= 4 is 11.7 Å².